The number of benzene rings is 2. The van der Waals surface area contributed by atoms with Crippen LogP contribution in [0, 0.1) is 20.8 Å². The zero-order chi connectivity index (χ0) is 18.0. The smallest absolute Gasteiger partial charge is 0.338 e. The number of hydrogen-bond acceptors (Lipinski definition) is 5. The third kappa shape index (κ3) is 3.65. The lowest BCUT2D eigenvalue weighted by Gasteiger charge is -2.18. The molecule has 2 aromatic rings. The molecule has 0 spiro atoms. The highest BCUT2D eigenvalue weighted by Crippen LogP contribution is 2.31. The zero-order valence-electron chi connectivity index (χ0n) is 14.5. The van der Waals surface area contributed by atoms with E-state index < -0.39 is 5.97 Å². The minimum atomic E-state index is -0.562. The molecular formula is C20H20O5. The normalized spacial score (nSPS) is 12.6. The first-order valence-electron chi connectivity index (χ1n) is 8.13. The number of esters is 1. The Balaban J connectivity index is 1.69. The van der Waals surface area contributed by atoms with Gasteiger partial charge in [-0.05, 0) is 50.1 Å². The Morgan fingerprint density at radius 3 is 2.28 bits per heavy atom. The van der Waals surface area contributed by atoms with Gasteiger partial charge in [-0.1, -0.05) is 17.7 Å². The maximum absolute atomic E-state index is 12.4. The molecule has 0 saturated heterocycles. The van der Waals surface area contributed by atoms with Crippen molar-refractivity contribution in [1.29, 1.82) is 0 Å². The molecule has 0 fully saturated rings. The lowest BCUT2D eigenvalue weighted by atomic mass is 9.97. The summed E-state index contributed by atoms with van der Waals surface area (Å²) >= 11 is 0. The van der Waals surface area contributed by atoms with Gasteiger partial charge in [0.25, 0.3) is 0 Å². The van der Waals surface area contributed by atoms with Gasteiger partial charge in [0, 0.05) is 5.56 Å². The summed E-state index contributed by atoms with van der Waals surface area (Å²) in [5.74, 6) is 0.343. The summed E-state index contributed by atoms with van der Waals surface area (Å²) in [5.41, 5.74) is 3.81. The number of rotatable bonds is 4. The van der Waals surface area contributed by atoms with E-state index in [0.717, 1.165) is 16.7 Å². The number of ketones is 1. The highest BCUT2D eigenvalue weighted by atomic mass is 16.6. The molecule has 2 aromatic carbocycles. The van der Waals surface area contributed by atoms with Gasteiger partial charge in [0.1, 0.15) is 13.2 Å². The second-order valence-electron chi connectivity index (χ2n) is 6.13. The third-order valence-corrected chi connectivity index (χ3v) is 4.07. The van der Waals surface area contributed by atoms with Gasteiger partial charge < -0.3 is 14.2 Å². The van der Waals surface area contributed by atoms with E-state index in [1.807, 2.05) is 32.9 Å². The second kappa shape index (κ2) is 6.97. The molecular weight excluding hydrogens is 320 g/mol. The number of ether oxygens (including phenoxy) is 3. The van der Waals surface area contributed by atoms with E-state index in [0.29, 0.717) is 35.8 Å². The summed E-state index contributed by atoms with van der Waals surface area (Å²) in [6, 6.07) is 8.74. The van der Waals surface area contributed by atoms with Crippen molar-refractivity contribution in [3.8, 4) is 11.5 Å². The molecule has 0 saturated carbocycles. The molecule has 5 nitrogen and oxygen atoms in total. The van der Waals surface area contributed by atoms with Crippen molar-refractivity contribution in [2.45, 2.75) is 20.8 Å². The fraction of sp³-hybridized carbons (Fsp3) is 0.300. The van der Waals surface area contributed by atoms with Crippen LogP contribution in [0.1, 0.15) is 37.4 Å². The van der Waals surface area contributed by atoms with Crippen LogP contribution in [-0.2, 0) is 4.74 Å². The van der Waals surface area contributed by atoms with E-state index in [-0.39, 0.29) is 12.4 Å². The molecule has 5 heteroatoms. The molecule has 0 bridgehead atoms. The number of carbonyl (C=O) groups is 2. The quantitative estimate of drug-likeness (QED) is 0.630. The predicted octanol–water partition coefficient (Wildman–Crippen LogP) is 3.42. The Labute approximate surface area is 146 Å². The van der Waals surface area contributed by atoms with Crippen LogP contribution in [-0.4, -0.2) is 31.6 Å². The fourth-order valence-corrected chi connectivity index (χ4v) is 3.08. The van der Waals surface area contributed by atoms with Crippen LogP contribution in [0.5, 0.6) is 11.5 Å². The number of Topliss-reactive ketones (excluding diaryl/α,β-unsaturated/α-hetero) is 1. The van der Waals surface area contributed by atoms with Crippen LogP contribution >= 0.6 is 0 Å². The van der Waals surface area contributed by atoms with Crippen molar-refractivity contribution >= 4 is 11.8 Å². The Morgan fingerprint density at radius 1 is 0.960 bits per heavy atom. The van der Waals surface area contributed by atoms with Crippen molar-refractivity contribution in [2.75, 3.05) is 19.8 Å². The molecule has 1 aliphatic rings. The first-order chi connectivity index (χ1) is 12.0. The molecule has 1 aliphatic heterocycles. The number of aryl methyl sites for hydroxylation is 3. The van der Waals surface area contributed by atoms with Crippen molar-refractivity contribution in [2.24, 2.45) is 0 Å². The molecule has 130 valence electrons. The lowest BCUT2D eigenvalue weighted by molar-refractivity contribution is 0.0473. The van der Waals surface area contributed by atoms with E-state index >= 15 is 0 Å². The minimum absolute atomic E-state index is 0.208. The average Bonchev–Trinajstić information content (AvgIpc) is 2.58. The largest absolute Gasteiger partial charge is 0.486 e. The van der Waals surface area contributed by atoms with Crippen molar-refractivity contribution < 1.29 is 23.8 Å². The van der Waals surface area contributed by atoms with E-state index in [1.54, 1.807) is 18.2 Å². The molecule has 0 unspecified atom stereocenters. The molecule has 0 N–H and O–H groups in total. The number of hydrogen-bond donors (Lipinski definition) is 0. The molecule has 0 aromatic heterocycles. The average molecular weight is 340 g/mol. The number of fused-ring (bicyclic) bond motifs is 1. The molecule has 0 aliphatic carbocycles. The van der Waals surface area contributed by atoms with Crippen LogP contribution in [0.15, 0.2) is 30.3 Å². The molecule has 25 heavy (non-hydrogen) atoms. The van der Waals surface area contributed by atoms with Gasteiger partial charge in [-0.25, -0.2) is 4.79 Å². The van der Waals surface area contributed by atoms with Crippen molar-refractivity contribution in [3.05, 3.63) is 58.1 Å². The van der Waals surface area contributed by atoms with E-state index in [1.165, 1.54) is 0 Å². The van der Waals surface area contributed by atoms with Gasteiger partial charge in [-0.15, -0.1) is 0 Å². The van der Waals surface area contributed by atoms with Crippen LogP contribution in [0.3, 0.4) is 0 Å². The SMILES string of the molecule is Cc1cc(C)c(C(=O)COC(=O)c2ccc3c(c2)OCCO3)c(C)c1. The maximum Gasteiger partial charge on any atom is 0.338 e. The van der Waals surface area contributed by atoms with Crippen LogP contribution in [0.2, 0.25) is 0 Å². The van der Waals surface area contributed by atoms with Gasteiger partial charge in [0.15, 0.2) is 18.1 Å². The lowest BCUT2D eigenvalue weighted by Crippen LogP contribution is -2.18. The standard InChI is InChI=1S/C20H20O5/c1-12-8-13(2)19(14(3)9-12)16(21)11-25-20(22)15-4-5-17-18(10-15)24-7-6-23-17/h4-5,8-10H,6-7,11H2,1-3H3. The van der Waals surface area contributed by atoms with Crippen LogP contribution in [0.4, 0.5) is 0 Å². The topological polar surface area (TPSA) is 61.8 Å². The monoisotopic (exact) mass is 340 g/mol. The van der Waals surface area contributed by atoms with Crippen LogP contribution in [0.25, 0.3) is 0 Å². The summed E-state index contributed by atoms with van der Waals surface area (Å²) in [6.45, 7) is 6.39. The highest BCUT2D eigenvalue weighted by Gasteiger charge is 2.18. The highest BCUT2D eigenvalue weighted by molar-refractivity contribution is 6.01. The summed E-state index contributed by atoms with van der Waals surface area (Å²) in [7, 11) is 0. The van der Waals surface area contributed by atoms with Gasteiger partial charge in [0.2, 0.25) is 5.78 Å². The minimum Gasteiger partial charge on any atom is -0.486 e. The van der Waals surface area contributed by atoms with Gasteiger partial charge >= 0.3 is 5.97 Å². The first kappa shape index (κ1) is 17.0. The Morgan fingerprint density at radius 2 is 1.60 bits per heavy atom. The Bertz CT molecular complexity index is 815. The predicted molar refractivity (Wildman–Crippen MR) is 92.7 cm³/mol. The zero-order valence-corrected chi connectivity index (χ0v) is 14.5. The Kier molecular flexibility index (Phi) is 4.74. The molecule has 0 atom stereocenters. The summed E-state index contributed by atoms with van der Waals surface area (Å²) in [5, 5.41) is 0. The molecule has 0 amide bonds. The summed E-state index contributed by atoms with van der Waals surface area (Å²) in [6.07, 6.45) is 0. The molecule has 3 rings (SSSR count). The summed E-state index contributed by atoms with van der Waals surface area (Å²) < 4.78 is 16.1. The van der Waals surface area contributed by atoms with Crippen molar-refractivity contribution in [3.63, 3.8) is 0 Å². The van der Waals surface area contributed by atoms with Gasteiger partial charge in [-0.3, -0.25) is 4.79 Å². The fourth-order valence-electron chi connectivity index (χ4n) is 3.08. The van der Waals surface area contributed by atoms with E-state index in [4.69, 9.17) is 14.2 Å². The van der Waals surface area contributed by atoms with Gasteiger partial charge in [-0.2, -0.15) is 0 Å². The van der Waals surface area contributed by atoms with E-state index in [2.05, 4.69) is 0 Å². The summed E-state index contributed by atoms with van der Waals surface area (Å²) in [4.78, 5) is 24.7. The maximum atomic E-state index is 12.4. The number of carbonyl (C=O) groups excluding carboxylic acids is 2. The Hall–Kier alpha value is -2.82. The third-order valence-electron chi connectivity index (χ3n) is 4.07. The van der Waals surface area contributed by atoms with Gasteiger partial charge in [0.05, 0.1) is 5.56 Å². The first-order valence-corrected chi connectivity index (χ1v) is 8.13. The molecule has 0 radical (unpaired) electrons. The van der Waals surface area contributed by atoms with Crippen molar-refractivity contribution in [1.82, 2.24) is 0 Å². The second-order valence-corrected chi connectivity index (χ2v) is 6.13. The van der Waals surface area contributed by atoms with Crippen LogP contribution < -0.4 is 9.47 Å². The molecule has 1 heterocycles. The van der Waals surface area contributed by atoms with E-state index in [9.17, 15) is 9.59 Å².